The number of H-pyrrole nitrogens is 1. The number of fused-ring (bicyclic) bond motifs is 1. The van der Waals surface area contributed by atoms with Crippen molar-refractivity contribution in [3.05, 3.63) is 59.9 Å². The summed E-state index contributed by atoms with van der Waals surface area (Å²) in [6.45, 7) is 1.89. The van der Waals surface area contributed by atoms with E-state index in [1.807, 2.05) is 13.0 Å². The lowest BCUT2D eigenvalue weighted by atomic mass is 10.2. The number of furan rings is 1. The van der Waals surface area contributed by atoms with Gasteiger partial charge in [0, 0.05) is 18.0 Å². The van der Waals surface area contributed by atoms with Crippen molar-refractivity contribution in [2.45, 2.75) is 13.0 Å². The molecule has 3 rings (SSSR count). The fourth-order valence-corrected chi connectivity index (χ4v) is 2.30. The summed E-state index contributed by atoms with van der Waals surface area (Å²) in [5.41, 5.74) is 1.16. The van der Waals surface area contributed by atoms with Crippen LogP contribution in [0.1, 0.15) is 29.2 Å². The van der Waals surface area contributed by atoms with Crippen molar-refractivity contribution in [1.82, 2.24) is 9.88 Å². The maximum absolute atomic E-state index is 13.2. The SMILES string of the molecule is CC(c1ccco1)N(C)C(=O)c1cc2cc(F)ccc2[nH]1. The smallest absolute Gasteiger partial charge is 0.270 e. The molecule has 0 saturated heterocycles. The molecule has 4 nitrogen and oxygen atoms in total. The van der Waals surface area contributed by atoms with Gasteiger partial charge < -0.3 is 14.3 Å². The number of aromatic nitrogens is 1. The van der Waals surface area contributed by atoms with Crippen molar-refractivity contribution in [3.8, 4) is 0 Å². The Kier molecular flexibility index (Phi) is 3.25. The molecule has 2 heterocycles. The number of rotatable bonds is 3. The van der Waals surface area contributed by atoms with Gasteiger partial charge in [0.15, 0.2) is 0 Å². The molecule has 108 valence electrons. The molecule has 0 aliphatic rings. The Hall–Kier alpha value is -2.56. The van der Waals surface area contributed by atoms with E-state index in [1.54, 1.807) is 36.4 Å². The van der Waals surface area contributed by atoms with Gasteiger partial charge in [-0.3, -0.25) is 4.79 Å². The van der Waals surface area contributed by atoms with E-state index in [0.29, 0.717) is 16.8 Å². The number of carbonyl (C=O) groups excluding carboxylic acids is 1. The van der Waals surface area contributed by atoms with Crippen LogP contribution in [-0.4, -0.2) is 22.8 Å². The molecule has 1 amide bonds. The van der Waals surface area contributed by atoms with Gasteiger partial charge in [0.25, 0.3) is 5.91 Å². The lowest BCUT2D eigenvalue weighted by Crippen LogP contribution is -2.29. The fourth-order valence-electron chi connectivity index (χ4n) is 2.30. The molecule has 0 bridgehead atoms. The Morgan fingerprint density at radius 1 is 1.33 bits per heavy atom. The summed E-state index contributed by atoms with van der Waals surface area (Å²) in [7, 11) is 1.71. The van der Waals surface area contributed by atoms with Crippen LogP contribution in [0.2, 0.25) is 0 Å². The largest absolute Gasteiger partial charge is 0.467 e. The fraction of sp³-hybridized carbons (Fsp3) is 0.188. The molecule has 1 aromatic carbocycles. The van der Waals surface area contributed by atoms with Crippen molar-refractivity contribution in [2.24, 2.45) is 0 Å². The topological polar surface area (TPSA) is 49.2 Å². The molecule has 1 N–H and O–H groups in total. The molecule has 0 spiro atoms. The van der Waals surface area contributed by atoms with Gasteiger partial charge in [-0.1, -0.05) is 0 Å². The van der Waals surface area contributed by atoms with E-state index in [9.17, 15) is 9.18 Å². The highest BCUT2D eigenvalue weighted by Gasteiger charge is 2.22. The Morgan fingerprint density at radius 2 is 2.14 bits per heavy atom. The highest BCUT2D eigenvalue weighted by atomic mass is 19.1. The van der Waals surface area contributed by atoms with Gasteiger partial charge in [0.2, 0.25) is 0 Å². The van der Waals surface area contributed by atoms with Crippen LogP contribution in [0.15, 0.2) is 47.1 Å². The van der Waals surface area contributed by atoms with Crippen molar-refractivity contribution >= 4 is 16.8 Å². The van der Waals surface area contributed by atoms with E-state index in [-0.39, 0.29) is 17.8 Å². The first-order valence-electron chi connectivity index (χ1n) is 6.65. The lowest BCUT2D eigenvalue weighted by Gasteiger charge is -2.22. The summed E-state index contributed by atoms with van der Waals surface area (Å²) in [5.74, 6) is 0.223. The van der Waals surface area contributed by atoms with Crippen LogP contribution >= 0.6 is 0 Å². The molecule has 0 saturated carbocycles. The van der Waals surface area contributed by atoms with E-state index >= 15 is 0 Å². The van der Waals surface area contributed by atoms with E-state index in [0.717, 1.165) is 5.52 Å². The van der Waals surface area contributed by atoms with Crippen LogP contribution in [0.25, 0.3) is 10.9 Å². The van der Waals surface area contributed by atoms with Crippen molar-refractivity contribution in [1.29, 1.82) is 0 Å². The monoisotopic (exact) mass is 286 g/mol. The Labute approximate surface area is 121 Å². The maximum Gasteiger partial charge on any atom is 0.270 e. The number of hydrogen-bond donors (Lipinski definition) is 1. The lowest BCUT2D eigenvalue weighted by molar-refractivity contribution is 0.0721. The summed E-state index contributed by atoms with van der Waals surface area (Å²) in [5, 5.41) is 0.678. The molecule has 5 heteroatoms. The van der Waals surface area contributed by atoms with E-state index in [2.05, 4.69) is 4.98 Å². The number of nitrogens with zero attached hydrogens (tertiary/aromatic N) is 1. The van der Waals surface area contributed by atoms with Gasteiger partial charge in [-0.2, -0.15) is 0 Å². The minimum Gasteiger partial charge on any atom is -0.467 e. The van der Waals surface area contributed by atoms with Gasteiger partial charge in [0.1, 0.15) is 17.3 Å². The average Bonchev–Trinajstić information content (AvgIpc) is 3.13. The zero-order valence-electron chi connectivity index (χ0n) is 11.8. The molecule has 0 aliphatic carbocycles. The van der Waals surface area contributed by atoms with Crippen molar-refractivity contribution < 1.29 is 13.6 Å². The van der Waals surface area contributed by atoms with Crippen LogP contribution in [-0.2, 0) is 0 Å². The Morgan fingerprint density at radius 3 is 2.86 bits per heavy atom. The number of benzene rings is 1. The average molecular weight is 286 g/mol. The van der Waals surface area contributed by atoms with Crippen LogP contribution < -0.4 is 0 Å². The first kappa shape index (κ1) is 13.4. The number of nitrogens with one attached hydrogen (secondary N) is 1. The van der Waals surface area contributed by atoms with Crippen LogP contribution in [0.3, 0.4) is 0 Å². The minimum absolute atomic E-state index is 0.171. The number of hydrogen-bond acceptors (Lipinski definition) is 2. The van der Waals surface area contributed by atoms with E-state index in [4.69, 9.17) is 4.42 Å². The molecule has 1 unspecified atom stereocenters. The molecular formula is C16H15FN2O2. The summed E-state index contributed by atoms with van der Waals surface area (Å²) in [6, 6.07) is 9.48. The zero-order valence-corrected chi connectivity index (χ0v) is 11.8. The first-order chi connectivity index (χ1) is 10.1. The number of carbonyl (C=O) groups is 1. The normalized spacial score (nSPS) is 12.5. The predicted molar refractivity (Wildman–Crippen MR) is 77.5 cm³/mol. The summed E-state index contributed by atoms with van der Waals surface area (Å²) >= 11 is 0. The zero-order chi connectivity index (χ0) is 15.0. The Bertz CT molecular complexity index is 777. The number of halogens is 1. The standard InChI is InChI=1S/C16H15FN2O2/c1-10(15-4-3-7-21-15)19(2)16(20)14-9-11-8-12(17)5-6-13(11)18-14/h3-10,18H,1-2H3. The second-order valence-electron chi connectivity index (χ2n) is 5.02. The van der Waals surface area contributed by atoms with Gasteiger partial charge in [-0.05, 0) is 43.3 Å². The molecule has 21 heavy (non-hydrogen) atoms. The second-order valence-corrected chi connectivity index (χ2v) is 5.02. The molecule has 0 aliphatic heterocycles. The third-order valence-electron chi connectivity index (χ3n) is 3.67. The summed E-state index contributed by atoms with van der Waals surface area (Å²) in [6.07, 6.45) is 1.58. The van der Waals surface area contributed by atoms with Crippen LogP contribution in [0.5, 0.6) is 0 Å². The molecule has 0 fully saturated rings. The third-order valence-corrected chi connectivity index (χ3v) is 3.67. The highest BCUT2D eigenvalue weighted by molar-refractivity contribution is 5.98. The molecule has 0 radical (unpaired) electrons. The van der Waals surface area contributed by atoms with Crippen LogP contribution in [0, 0.1) is 5.82 Å². The van der Waals surface area contributed by atoms with Gasteiger partial charge in [-0.25, -0.2) is 4.39 Å². The van der Waals surface area contributed by atoms with Crippen LogP contribution in [0.4, 0.5) is 4.39 Å². The molecular weight excluding hydrogens is 271 g/mol. The maximum atomic E-state index is 13.2. The molecule has 1 atom stereocenters. The third kappa shape index (κ3) is 2.42. The van der Waals surface area contributed by atoms with Crippen molar-refractivity contribution in [3.63, 3.8) is 0 Å². The minimum atomic E-state index is -0.321. The van der Waals surface area contributed by atoms with Gasteiger partial charge in [-0.15, -0.1) is 0 Å². The second kappa shape index (κ2) is 5.09. The Balaban J connectivity index is 1.89. The highest BCUT2D eigenvalue weighted by Crippen LogP contribution is 2.23. The van der Waals surface area contributed by atoms with Crippen molar-refractivity contribution in [2.75, 3.05) is 7.05 Å². The summed E-state index contributed by atoms with van der Waals surface area (Å²) in [4.78, 5) is 17.1. The molecule has 3 aromatic rings. The quantitative estimate of drug-likeness (QED) is 0.797. The molecule has 2 aromatic heterocycles. The van der Waals surface area contributed by atoms with Gasteiger partial charge in [0.05, 0.1) is 12.3 Å². The number of aromatic amines is 1. The predicted octanol–water partition coefficient (Wildman–Crippen LogP) is 3.73. The van der Waals surface area contributed by atoms with E-state index < -0.39 is 0 Å². The summed E-state index contributed by atoms with van der Waals surface area (Å²) < 4.78 is 18.5. The van der Waals surface area contributed by atoms with Gasteiger partial charge >= 0.3 is 0 Å². The first-order valence-corrected chi connectivity index (χ1v) is 6.65. The van der Waals surface area contributed by atoms with E-state index in [1.165, 1.54) is 12.1 Å². The number of amides is 1.